The molecule has 6 heteroatoms. The number of para-hydroxylation sites is 2. The monoisotopic (exact) mass is 381 g/mol. The summed E-state index contributed by atoms with van der Waals surface area (Å²) in [6.07, 6.45) is 0.448. The predicted molar refractivity (Wildman–Crippen MR) is 111 cm³/mol. The highest BCUT2D eigenvalue weighted by atomic mass is 16.5. The van der Waals surface area contributed by atoms with E-state index >= 15 is 0 Å². The van der Waals surface area contributed by atoms with Gasteiger partial charge in [-0.25, -0.2) is 0 Å². The van der Waals surface area contributed by atoms with E-state index in [0.29, 0.717) is 12.0 Å². The lowest BCUT2D eigenvalue weighted by molar-refractivity contribution is -0.116. The fourth-order valence-electron chi connectivity index (χ4n) is 3.37. The molecule has 0 aromatic heterocycles. The van der Waals surface area contributed by atoms with Crippen LogP contribution in [0.15, 0.2) is 48.5 Å². The van der Waals surface area contributed by atoms with Crippen LogP contribution in [0.2, 0.25) is 0 Å². The van der Waals surface area contributed by atoms with Crippen LogP contribution >= 0.6 is 0 Å². The van der Waals surface area contributed by atoms with Crippen LogP contribution in [0.5, 0.6) is 5.75 Å². The topological polar surface area (TPSA) is 61.9 Å². The molecule has 1 saturated heterocycles. The number of Topliss-reactive ketones (excluding diaryl/α,β-unsaturated/α-hetero) is 1. The van der Waals surface area contributed by atoms with Crippen molar-refractivity contribution in [2.45, 2.75) is 13.3 Å². The first-order chi connectivity index (χ1) is 13.6. The lowest BCUT2D eigenvalue weighted by Crippen LogP contribution is -2.47. The molecule has 2 aromatic rings. The van der Waals surface area contributed by atoms with Gasteiger partial charge in [0.15, 0.2) is 5.78 Å². The third-order valence-corrected chi connectivity index (χ3v) is 5.03. The average molecular weight is 381 g/mol. The Kier molecular flexibility index (Phi) is 6.66. The number of nitrogens with zero attached hydrogens (tertiary/aromatic N) is 2. The maximum absolute atomic E-state index is 12.2. The van der Waals surface area contributed by atoms with E-state index in [2.05, 4.69) is 21.2 Å². The molecule has 1 aliphatic rings. The molecule has 3 rings (SSSR count). The van der Waals surface area contributed by atoms with Crippen molar-refractivity contribution in [1.29, 1.82) is 0 Å². The first-order valence-electron chi connectivity index (χ1n) is 9.58. The van der Waals surface area contributed by atoms with Crippen LogP contribution < -0.4 is 15.0 Å². The van der Waals surface area contributed by atoms with Crippen LogP contribution in [0.3, 0.4) is 0 Å². The summed E-state index contributed by atoms with van der Waals surface area (Å²) >= 11 is 0. The van der Waals surface area contributed by atoms with Crippen LogP contribution in [-0.4, -0.2) is 56.4 Å². The maximum Gasteiger partial charge on any atom is 0.225 e. The number of ketones is 1. The Balaban J connectivity index is 1.43. The van der Waals surface area contributed by atoms with Crippen LogP contribution in [0.4, 0.5) is 11.4 Å². The van der Waals surface area contributed by atoms with Crippen LogP contribution in [0.25, 0.3) is 0 Å². The quantitative estimate of drug-likeness (QED) is 0.747. The standard InChI is InChI=1S/C22H27N3O3/c1-17(26)18-7-9-19(10-8-18)23-22(27)11-12-24-13-15-25(16-14-24)20-5-3-4-6-21(20)28-2/h3-10H,11-16H2,1-2H3,(H,23,27). The largest absolute Gasteiger partial charge is 0.495 e. The molecular weight excluding hydrogens is 354 g/mol. The third kappa shape index (κ3) is 5.10. The van der Waals surface area contributed by atoms with E-state index in [4.69, 9.17) is 4.74 Å². The van der Waals surface area contributed by atoms with Gasteiger partial charge < -0.3 is 15.0 Å². The van der Waals surface area contributed by atoms with Gasteiger partial charge in [0.1, 0.15) is 5.75 Å². The molecular formula is C22H27N3O3. The Morgan fingerprint density at radius 1 is 1.00 bits per heavy atom. The van der Waals surface area contributed by atoms with Crippen molar-refractivity contribution >= 4 is 23.1 Å². The van der Waals surface area contributed by atoms with E-state index in [1.807, 2.05) is 18.2 Å². The number of rotatable bonds is 7. The normalized spacial score (nSPS) is 14.6. The molecule has 148 valence electrons. The second-order valence-corrected chi connectivity index (χ2v) is 6.93. The molecule has 0 atom stereocenters. The Morgan fingerprint density at radius 2 is 1.68 bits per heavy atom. The number of carbonyl (C=O) groups is 2. The van der Waals surface area contributed by atoms with Gasteiger partial charge in [-0.1, -0.05) is 12.1 Å². The summed E-state index contributed by atoms with van der Waals surface area (Å²) < 4.78 is 5.45. The highest BCUT2D eigenvalue weighted by Gasteiger charge is 2.19. The number of ether oxygens (including phenoxy) is 1. The Bertz CT molecular complexity index is 812. The minimum Gasteiger partial charge on any atom is -0.495 e. The highest BCUT2D eigenvalue weighted by Crippen LogP contribution is 2.28. The molecule has 1 aliphatic heterocycles. The Labute approximate surface area is 166 Å². The molecule has 1 fully saturated rings. The van der Waals surface area contributed by atoms with Gasteiger partial charge in [-0.2, -0.15) is 0 Å². The summed E-state index contributed by atoms with van der Waals surface area (Å²) in [5.74, 6) is 0.902. The van der Waals surface area contributed by atoms with Crippen molar-refractivity contribution in [3.05, 3.63) is 54.1 Å². The Morgan fingerprint density at radius 3 is 2.32 bits per heavy atom. The third-order valence-electron chi connectivity index (χ3n) is 5.03. The number of hydrogen-bond acceptors (Lipinski definition) is 5. The van der Waals surface area contributed by atoms with E-state index in [9.17, 15) is 9.59 Å². The van der Waals surface area contributed by atoms with E-state index in [1.165, 1.54) is 6.92 Å². The first kappa shape index (κ1) is 19.9. The first-order valence-corrected chi connectivity index (χ1v) is 9.58. The van der Waals surface area contributed by atoms with Crippen molar-refractivity contribution in [3.8, 4) is 5.75 Å². The molecule has 0 saturated carbocycles. The van der Waals surface area contributed by atoms with Crippen molar-refractivity contribution < 1.29 is 14.3 Å². The minimum absolute atomic E-state index is 0.0114. The van der Waals surface area contributed by atoms with Crippen molar-refractivity contribution in [2.75, 3.05) is 50.1 Å². The molecule has 1 N–H and O–H groups in total. The number of carbonyl (C=O) groups excluding carboxylic acids is 2. The number of amides is 1. The molecule has 2 aromatic carbocycles. The van der Waals surface area contributed by atoms with Gasteiger partial charge in [0.2, 0.25) is 5.91 Å². The molecule has 0 aliphatic carbocycles. The minimum atomic E-state index is -0.0114. The summed E-state index contributed by atoms with van der Waals surface area (Å²) in [5.41, 5.74) is 2.48. The number of hydrogen-bond donors (Lipinski definition) is 1. The second kappa shape index (κ2) is 9.37. The fourth-order valence-corrected chi connectivity index (χ4v) is 3.37. The smallest absolute Gasteiger partial charge is 0.225 e. The van der Waals surface area contributed by atoms with Gasteiger partial charge in [0.25, 0.3) is 0 Å². The average Bonchev–Trinajstić information content (AvgIpc) is 2.73. The predicted octanol–water partition coefficient (Wildman–Crippen LogP) is 3.05. The Hall–Kier alpha value is -2.86. The van der Waals surface area contributed by atoms with Gasteiger partial charge >= 0.3 is 0 Å². The van der Waals surface area contributed by atoms with E-state index < -0.39 is 0 Å². The van der Waals surface area contributed by atoms with Crippen molar-refractivity contribution in [2.24, 2.45) is 0 Å². The van der Waals surface area contributed by atoms with Gasteiger partial charge in [0.05, 0.1) is 12.8 Å². The number of anilines is 2. The van der Waals surface area contributed by atoms with E-state index in [-0.39, 0.29) is 11.7 Å². The number of methoxy groups -OCH3 is 1. The number of piperazine rings is 1. The van der Waals surface area contributed by atoms with Gasteiger partial charge in [-0.3, -0.25) is 14.5 Å². The summed E-state index contributed by atoms with van der Waals surface area (Å²) in [6, 6.07) is 15.1. The molecule has 0 spiro atoms. The molecule has 28 heavy (non-hydrogen) atoms. The van der Waals surface area contributed by atoms with Crippen molar-refractivity contribution in [3.63, 3.8) is 0 Å². The molecule has 0 unspecified atom stereocenters. The molecule has 0 bridgehead atoms. The maximum atomic E-state index is 12.2. The molecule has 6 nitrogen and oxygen atoms in total. The SMILES string of the molecule is COc1ccccc1N1CCN(CCC(=O)Nc2ccc(C(C)=O)cc2)CC1. The second-order valence-electron chi connectivity index (χ2n) is 6.93. The lowest BCUT2D eigenvalue weighted by atomic mass is 10.1. The van der Waals surface area contributed by atoms with Crippen LogP contribution in [0.1, 0.15) is 23.7 Å². The highest BCUT2D eigenvalue weighted by molar-refractivity contribution is 5.95. The van der Waals surface area contributed by atoms with Gasteiger partial charge in [-0.05, 0) is 43.3 Å². The lowest BCUT2D eigenvalue weighted by Gasteiger charge is -2.36. The zero-order valence-corrected chi connectivity index (χ0v) is 16.5. The number of nitrogens with one attached hydrogen (secondary N) is 1. The number of benzene rings is 2. The van der Waals surface area contributed by atoms with Gasteiger partial charge in [0, 0.05) is 50.4 Å². The summed E-state index contributed by atoms with van der Waals surface area (Å²) in [4.78, 5) is 28.1. The molecule has 1 amide bonds. The summed E-state index contributed by atoms with van der Waals surface area (Å²) in [6.45, 7) is 5.92. The fraction of sp³-hybridized carbons (Fsp3) is 0.364. The van der Waals surface area contributed by atoms with Gasteiger partial charge in [-0.15, -0.1) is 0 Å². The zero-order valence-electron chi connectivity index (χ0n) is 16.5. The van der Waals surface area contributed by atoms with E-state index in [1.54, 1.807) is 31.4 Å². The summed E-state index contributed by atoms with van der Waals surface area (Å²) in [5, 5.41) is 2.89. The van der Waals surface area contributed by atoms with Crippen LogP contribution in [-0.2, 0) is 4.79 Å². The summed E-state index contributed by atoms with van der Waals surface area (Å²) in [7, 11) is 1.70. The van der Waals surface area contributed by atoms with Crippen LogP contribution in [0, 0.1) is 0 Å². The van der Waals surface area contributed by atoms with E-state index in [0.717, 1.165) is 49.8 Å². The molecule has 1 heterocycles. The molecule has 0 radical (unpaired) electrons. The zero-order chi connectivity index (χ0) is 19.9. The van der Waals surface area contributed by atoms with Crippen molar-refractivity contribution in [1.82, 2.24) is 4.90 Å².